The maximum atomic E-state index is 6.66. The van der Waals surface area contributed by atoms with E-state index in [0.717, 1.165) is 56.8 Å². The Morgan fingerprint density at radius 1 is 0.560 bits per heavy atom. The highest BCUT2D eigenvalue weighted by Gasteiger charge is 2.45. The molecule has 0 aliphatic heterocycles. The SMILES string of the molecule is Cc1ccc2cccc([O][Al]([O]c3ccc4cc(-c5cc6ccccc6c6c5CCC=C6)ccc4c3)[O]c3cccc4ccc(C)nc34)c2n1. The molecule has 8 aromatic rings. The van der Waals surface area contributed by atoms with Gasteiger partial charge in [-0.3, -0.25) is 0 Å². The van der Waals surface area contributed by atoms with Crippen molar-refractivity contribution in [3.63, 3.8) is 0 Å². The summed E-state index contributed by atoms with van der Waals surface area (Å²) in [6.45, 7) is 3.96. The molecule has 6 aromatic carbocycles. The molecular formula is C44H33AlN2O3. The van der Waals surface area contributed by atoms with Crippen LogP contribution in [0.4, 0.5) is 0 Å². The minimum Gasteiger partial charge on any atom is -0.577 e. The number of rotatable bonds is 7. The van der Waals surface area contributed by atoms with Crippen LogP contribution in [0.5, 0.6) is 17.2 Å². The minimum absolute atomic E-state index is 0.631. The number of hydrogen-bond acceptors (Lipinski definition) is 5. The van der Waals surface area contributed by atoms with E-state index in [1.54, 1.807) is 0 Å². The maximum absolute atomic E-state index is 6.66. The number of hydrogen-bond donors (Lipinski definition) is 0. The van der Waals surface area contributed by atoms with Gasteiger partial charge in [-0.05, 0) is 119 Å². The summed E-state index contributed by atoms with van der Waals surface area (Å²) >= 11 is -2.92. The van der Waals surface area contributed by atoms with Crippen molar-refractivity contribution in [1.29, 1.82) is 0 Å². The molecule has 0 spiro atoms. The molecule has 1 aliphatic rings. The van der Waals surface area contributed by atoms with Gasteiger partial charge in [0.25, 0.3) is 0 Å². The van der Waals surface area contributed by atoms with Gasteiger partial charge in [-0.1, -0.05) is 91.0 Å². The number of para-hydroxylation sites is 2. The fourth-order valence-electron chi connectivity index (χ4n) is 7.04. The maximum Gasteiger partial charge on any atom is 1.20 e. The van der Waals surface area contributed by atoms with Crippen molar-refractivity contribution >= 4 is 64.6 Å². The third-order valence-electron chi connectivity index (χ3n) is 9.49. The standard InChI is InChI=1S/C24H18O.2C10H9NO.Al/c25-20-12-11-16-13-19(10-9-17(16)14-20)24-15-18-5-1-2-6-21(18)22-7-3-4-8-23(22)24;2*1-7-5-6-8-3-2-4-9(12)10(8)11-7;/h1-3,5-7,9-15,25H,4,8H2;2*2-6,12H,1H3;/q;;;+3/p-3. The van der Waals surface area contributed by atoms with Crippen LogP contribution in [0.15, 0.2) is 133 Å². The third-order valence-corrected chi connectivity index (χ3v) is 10.9. The average molecular weight is 665 g/mol. The molecule has 0 bridgehead atoms. The lowest BCUT2D eigenvalue weighted by atomic mass is 9.85. The first kappa shape index (κ1) is 30.4. The molecule has 0 atom stereocenters. The van der Waals surface area contributed by atoms with Gasteiger partial charge in [-0.15, -0.1) is 0 Å². The molecule has 0 amide bonds. The van der Waals surface area contributed by atoms with E-state index in [-0.39, 0.29) is 0 Å². The number of allylic oxidation sites excluding steroid dienone is 1. The van der Waals surface area contributed by atoms with Gasteiger partial charge < -0.3 is 11.4 Å². The van der Waals surface area contributed by atoms with Crippen LogP contribution < -0.4 is 11.4 Å². The molecule has 5 nitrogen and oxygen atoms in total. The Hall–Kier alpha value is -5.67. The van der Waals surface area contributed by atoms with Gasteiger partial charge in [-0.25, -0.2) is 9.97 Å². The Kier molecular flexibility index (Phi) is 7.69. The van der Waals surface area contributed by atoms with Crippen LogP contribution in [-0.2, 0) is 6.42 Å². The second kappa shape index (κ2) is 12.7. The third kappa shape index (κ3) is 5.73. The molecule has 0 N–H and O–H groups in total. The summed E-state index contributed by atoms with van der Waals surface area (Å²) in [7, 11) is 0. The topological polar surface area (TPSA) is 53.5 Å². The first-order chi connectivity index (χ1) is 24.6. The second-order valence-corrected chi connectivity index (χ2v) is 14.2. The monoisotopic (exact) mass is 664 g/mol. The molecule has 1 aliphatic carbocycles. The molecule has 9 rings (SSSR count). The van der Waals surface area contributed by atoms with Crippen LogP contribution >= 0.6 is 0 Å². The van der Waals surface area contributed by atoms with Gasteiger partial charge in [0.2, 0.25) is 0 Å². The van der Waals surface area contributed by atoms with Crippen molar-refractivity contribution in [2.75, 3.05) is 0 Å². The Morgan fingerprint density at radius 2 is 1.20 bits per heavy atom. The molecule has 0 saturated heterocycles. The molecule has 50 heavy (non-hydrogen) atoms. The van der Waals surface area contributed by atoms with Crippen molar-refractivity contribution in [3.05, 3.63) is 156 Å². The van der Waals surface area contributed by atoms with Crippen molar-refractivity contribution < 1.29 is 11.4 Å². The number of nitrogens with zero attached hydrogens (tertiary/aromatic N) is 2. The van der Waals surface area contributed by atoms with E-state index in [2.05, 4.69) is 84.9 Å². The fraction of sp³-hybridized carbons (Fsp3) is 0.0909. The summed E-state index contributed by atoms with van der Waals surface area (Å²) in [5.74, 6) is 1.95. The van der Waals surface area contributed by atoms with Crippen molar-refractivity contribution in [1.82, 2.24) is 9.97 Å². The fourth-order valence-corrected chi connectivity index (χ4v) is 8.35. The largest absolute Gasteiger partial charge is 1.20 e. The minimum atomic E-state index is -2.92. The van der Waals surface area contributed by atoms with Crippen LogP contribution in [0.2, 0.25) is 0 Å². The molecule has 6 heteroatoms. The Balaban J connectivity index is 1.08. The van der Waals surface area contributed by atoms with E-state index < -0.39 is 15.1 Å². The Bertz CT molecular complexity index is 2550. The van der Waals surface area contributed by atoms with E-state index in [0.29, 0.717) is 17.2 Å². The summed E-state index contributed by atoms with van der Waals surface area (Å²) in [5.41, 5.74) is 8.68. The molecule has 0 unspecified atom stereocenters. The van der Waals surface area contributed by atoms with Crippen molar-refractivity contribution in [2.24, 2.45) is 0 Å². The summed E-state index contributed by atoms with van der Waals surface area (Å²) in [6, 6.07) is 43.9. The summed E-state index contributed by atoms with van der Waals surface area (Å²) in [4.78, 5) is 9.58. The van der Waals surface area contributed by atoms with Crippen molar-refractivity contribution in [3.8, 4) is 28.4 Å². The summed E-state index contributed by atoms with van der Waals surface area (Å²) in [5, 5.41) is 6.80. The predicted molar refractivity (Wildman–Crippen MR) is 205 cm³/mol. The zero-order chi connectivity index (χ0) is 33.6. The predicted octanol–water partition coefficient (Wildman–Crippen LogP) is 10.9. The van der Waals surface area contributed by atoms with E-state index in [1.807, 2.05) is 68.4 Å². The van der Waals surface area contributed by atoms with Crippen LogP contribution in [0, 0.1) is 13.8 Å². The molecule has 0 fully saturated rings. The van der Waals surface area contributed by atoms with E-state index in [1.165, 1.54) is 33.0 Å². The molecule has 2 heterocycles. The van der Waals surface area contributed by atoms with E-state index in [4.69, 9.17) is 21.3 Å². The molecule has 240 valence electrons. The molecule has 2 aromatic heterocycles. The second-order valence-electron chi connectivity index (χ2n) is 12.9. The van der Waals surface area contributed by atoms with Crippen LogP contribution in [0.1, 0.15) is 28.9 Å². The van der Waals surface area contributed by atoms with Crippen LogP contribution in [0.25, 0.3) is 60.6 Å². The van der Waals surface area contributed by atoms with Crippen molar-refractivity contribution in [2.45, 2.75) is 26.7 Å². The smallest absolute Gasteiger partial charge is 0.577 e. The van der Waals surface area contributed by atoms with Gasteiger partial charge in [0.1, 0.15) is 22.5 Å². The molecule has 0 radical (unpaired) electrons. The Morgan fingerprint density at radius 3 is 1.94 bits per heavy atom. The lowest BCUT2D eigenvalue weighted by Gasteiger charge is -2.20. The van der Waals surface area contributed by atoms with Gasteiger partial charge in [0.05, 0.1) is 5.75 Å². The highest BCUT2D eigenvalue weighted by Crippen LogP contribution is 2.38. The number of benzene rings is 6. The first-order valence-corrected chi connectivity index (χ1v) is 18.5. The van der Waals surface area contributed by atoms with Gasteiger partial charge in [0, 0.05) is 22.2 Å². The van der Waals surface area contributed by atoms with Gasteiger partial charge in [-0.2, -0.15) is 0 Å². The highest BCUT2D eigenvalue weighted by atomic mass is 27.3. The summed E-state index contributed by atoms with van der Waals surface area (Å²) in [6.07, 6.45) is 6.69. The lowest BCUT2D eigenvalue weighted by molar-refractivity contribution is 0.310. The number of aromatic nitrogens is 2. The Labute approximate surface area is 295 Å². The van der Waals surface area contributed by atoms with Crippen LogP contribution in [0.3, 0.4) is 0 Å². The average Bonchev–Trinajstić information content (AvgIpc) is 3.15. The van der Waals surface area contributed by atoms with E-state index >= 15 is 0 Å². The van der Waals surface area contributed by atoms with Gasteiger partial charge in [0.15, 0.2) is 0 Å². The van der Waals surface area contributed by atoms with Gasteiger partial charge >= 0.3 is 15.1 Å². The number of fused-ring (bicyclic) bond motifs is 6. The summed E-state index contributed by atoms with van der Waals surface area (Å²) < 4.78 is 19.9. The quantitative estimate of drug-likeness (QED) is 0.159. The highest BCUT2D eigenvalue weighted by molar-refractivity contribution is 6.40. The van der Waals surface area contributed by atoms with Crippen LogP contribution in [-0.4, -0.2) is 25.1 Å². The van der Waals surface area contributed by atoms with E-state index in [9.17, 15) is 0 Å². The number of aryl methyl sites for hydroxylation is 2. The number of pyridine rings is 2. The zero-order valence-electron chi connectivity index (χ0n) is 27.9. The molecule has 0 saturated carbocycles. The first-order valence-electron chi connectivity index (χ1n) is 17.0. The normalized spacial score (nSPS) is 12.4. The zero-order valence-corrected chi connectivity index (χ0v) is 29.0. The lowest BCUT2D eigenvalue weighted by Crippen LogP contribution is -2.37. The molecular weight excluding hydrogens is 631 g/mol.